The number of anilines is 4. The largest absolute Gasteiger partial charge is 0.339 e. The maximum absolute atomic E-state index is 11.3. The van der Waals surface area contributed by atoms with Gasteiger partial charge in [-0.1, -0.05) is 17.7 Å². The third-order valence-electron chi connectivity index (χ3n) is 3.43. The van der Waals surface area contributed by atoms with Crippen molar-refractivity contribution >= 4 is 28.9 Å². The lowest BCUT2D eigenvalue weighted by Gasteiger charge is -2.08. The summed E-state index contributed by atoms with van der Waals surface area (Å²) in [5.74, 6) is 1.01. The summed E-state index contributed by atoms with van der Waals surface area (Å²) in [4.78, 5) is 15.7. The van der Waals surface area contributed by atoms with Gasteiger partial charge in [0.25, 0.3) is 0 Å². The minimum absolute atomic E-state index is 0.0369. The molecule has 3 rings (SSSR count). The smallest absolute Gasteiger partial charge is 0.249 e. The van der Waals surface area contributed by atoms with Crippen molar-refractivity contribution < 1.29 is 4.79 Å². The lowest BCUT2D eigenvalue weighted by atomic mass is 10.1. The highest BCUT2D eigenvalue weighted by atomic mass is 16.1. The van der Waals surface area contributed by atoms with Gasteiger partial charge in [-0.15, -0.1) is 5.10 Å². The van der Waals surface area contributed by atoms with Crippen LogP contribution in [0.5, 0.6) is 0 Å². The van der Waals surface area contributed by atoms with E-state index in [1.54, 1.807) is 25.3 Å². The molecule has 0 radical (unpaired) electrons. The van der Waals surface area contributed by atoms with E-state index in [1.807, 2.05) is 43.3 Å². The number of aryl methyl sites for hydroxylation is 1. The second-order valence-corrected chi connectivity index (χ2v) is 5.41. The molecule has 0 aliphatic carbocycles. The Morgan fingerprint density at radius 1 is 0.917 bits per heavy atom. The monoisotopic (exact) mass is 319 g/mol. The van der Waals surface area contributed by atoms with Gasteiger partial charge in [0.15, 0.2) is 11.6 Å². The first kappa shape index (κ1) is 15.6. The number of carbonyl (C=O) groups is 1. The Morgan fingerprint density at radius 2 is 1.54 bits per heavy atom. The predicted octanol–water partition coefficient (Wildman–Crippen LogP) is 3.87. The first-order chi connectivity index (χ1) is 11.6. The number of benzene rings is 2. The fourth-order valence-electron chi connectivity index (χ4n) is 2.12. The minimum atomic E-state index is 0.0369. The summed E-state index contributed by atoms with van der Waals surface area (Å²) in [5, 5.41) is 14.2. The van der Waals surface area contributed by atoms with Gasteiger partial charge in [-0.3, -0.25) is 4.79 Å². The molecule has 0 spiro atoms. The van der Waals surface area contributed by atoms with E-state index in [9.17, 15) is 4.79 Å². The molecule has 1 aromatic heterocycles. The number of nitrogens with one attached hydrogen (secondary N) is 2. The van der Waals surface area contributed by atoms with Gasteiger partial charge >= 0.3 is 0 Å². The molecular weight excluding hydrogens is 302 g/mol. The van der Waals surface area contributed by atoms with Crippen LogP contribution in [0.1, 0.15) is 22.8 Å². The van der Waals surface area contributed by atoms with Crippen molar-refractivity contribution in [1.29, 1.82) is 0 Å². The summed E-state index contributed by atoms with van der Waals surface area (Å²) in [6.45, 7) is 3.57. The van der Waals surface area contributed by atoms with Crippen LogP contribution in [-0.2, 0) is 0 Å². The second-order valence-electron chi connectivity index (χ2n) is 5.41. The van der Waals surface area contributed by atoms with E-state index >= 15 is 0 Å². The van der Waals surface area contributed by atoms with Gasteiger partial charge in [-0.25, -0.2) is 0 Å². The van der Waals surface area contributed by atoms with Crippen LogP contribution in [0.15, 0.2) is 54.7 Å². The zero-order valence-electron chi connectivity index (χ0n) is 13.4. The average Bonchev–Trinajstić information content (AvgIpc) is 2.58. The lowest BCUT2D eigenvalue weighted by molar-refractivity contribution is 0.101. The number of nitrogens with zero attached hydrogens (tertiary/aromatic N) is 3. The van der Waals surface area contributed by atoms with Gasteiger partial charge in [0.05, 0.1) is 6.20 Å². The van der Waals surface area contributed by atoms with Crippen molar-refractivity contribution in [3.63, 3.8) is 0 Å². The van der Waals surface area contributed by atoms with Crippen molar-refractivity contribution in [3.8, 4) is 0 Å². The fourth-order valence-corrected chi connectivity index (χ4v) is 2.12. The summed E-state index contributed by atoms with van der Waals surface area (Å²) < 4.78 is 0. The van der Waals surface area contributed by atoms with E-state index in [1.165, 1.54) is 5.56 Å². The van der Waals surface area contributed by atoms with Crippen LogP contribution in [0.2, 0.25) is 0 Å². The quantitative estimate of drug-likeness (QED) is 0.695. The van der Waals surface area contributed by atoms with Crippen molar-refractivity contribution in [3.05, 3.63) is 65.9 Å². The van der Waals surface area contributed by atoms with Crippen molar-refractivity contribution in [2.75, 3.05) is 10.6 Å². The van der Waals surface area contributed by atoms with Crippen LogP contribution >= 0.6 is 0 Å². The highest BCUT2D eigenvalue weighted by Crippen LogP contribution is 2.17. The molecule has 0 bridgehead atoms. The van der Waals surface area contributed by atoms with Crippen LogP contribution in [0.4, 0.5) is 23.1 Å². The fraction of sp³-hybridized carbons (Fsp3) is 0.111. The van der Waals surface area contributed by atoms with Gasteiger partial charge in [0.1, 0.15) is 0 Å². The first-order valence-electron chi connectivity index (χ1n) is 7.51. The van der Waals surface area contributed by atoms with Gasteiger partial charge < -0.3 is 10.6 Å². The maximum atomic E-state index is 11.3. The molecule has 120 valence electrons. The van der Waals surface area contributed by atoms with E-state index in [4.69, 9.17) is 0 Å². The van der Waals surface area contributed by atoms with Gasteiger partial charge in [-0.2, -0.15) is 10.1 Å². The van der Waals surface area contributed by atoms with Crippen LogP contribution in [-0.4, -0.2) is 21.0 Å². The molecule has 3 aromatic rings. The molecule has 0 atom stereocenters. The molecule has 0 fully saturated rings. The molecule has 6 nitrogen and oxygen atoms in total. The topological polar surface area (TPSA) is 79.8 Å². The second kappa shape index (κ2) is 6.87. The van der Waals surface area contributed by atoms with Gasteiger partial charge in [0.2, 0.25) is 5.95 Å². The van der Waals surface area contributed by atoms with Gasteiger partial charge in [0, 0.05) is 16.9 Å². The van der Waals surface area contributed by atoms with Crippen LogP contribution in [0, 0.1) is 6.92 Å². The molecule has 0 unspecified atom stereocenters. The van der Waals surface area contributed by atoms with Crippen molar-refractivity contribution in [1.82, 2.24) is 15.2 Å². The first-order valence-corrected chi connectivity index (χ1v) is 7.51. The molecule has 6 heteroatoms. The van der Waals surface area contributed by atoms with Crippen molar-refractivity contribution in [2.45, 2.75) is 13.8 Å². The number of carbonyl (C=O) groups excluding carboxylic acids is 1. The van der Waals surface area contributed by atoms with Crippen molar-refractivity contribution in [2.24, 2.45) is 0 Å². The van der Waals surface area contributed by atoms with E-state index in [2.05, 4.69) is 25.8 Å². The number of rotatable bonds is 5. The molecule has 2 N–H and O–H groups in total. The number of hydrogen-bond acceptors (Lipinski definition) is 6. The molecule has 0 amide bonds. The number of Topliss-reactive ketones (excluding diaryl/α,β-unsaturated/α-hetero) is 1. The predicted molar refractivity (Wildman–Crippen MR) is 94.0 cm³/mol. The van der Waals surface area contributed by atoms with Gasteiger partial charge in [-0.05, 0) is 50.2 Å². The Bertz CT molecular complexity index is 844. The van der Waals surface area contributed by atoms with Crippen LogP contribution < -0.4 is 10.6 Å². The normalized spacial score (nSPS) is 10.2. The Balaban J connectivity index is 1.72. The third kappa shape index (κ3) is 3.92. The molecule has 1 heterocycles. The molecule has 0 saturated carbocycles. The summed E-state index contributed by atoms with van der Waals surface area (Å²) in [6, 6.07) is 15.1. The van der Waals surface area contributed by atoms with Crippen LogP contribution in [0.25, 0.3) is 0 Å². The molecule has 0 saturated heterocycles. The summed E-state index contributed by atoms with van der Waals surface area (Å²) in [6.07, 6.45) is 1.54. The molecule has 2 aromatic carbocycles. The number of hydrogen-bond donors (Lipinski definition) is 2. The van der Waals surface area contributed by atoms with E-state index in [0.717, 1.165) is 11.4 Å². The summed E-state index contributed by atoms with van der Waals surface area (Å²) >= 11 is 0. The molecular formula is C18H17N5O. The number of aromatic nitrogens is 3. The molecule has 0 aliphatic heterocycles. The molecule has 0 aliphatic rings. The zero-order valence-corrected chi connectivity index (χ0v) is 13.4. The summed E-state index contributed by atoms with van der Waals surface area (Å²) in [7, 11) is 0. The van der Waals surface area contributed by atoms with Crippen LogP contribution in [0.3, 0.4) is 0 Å². The number of ketones is 1. The minimum Gasteiger partial charge on any atom is -0.339 e. The highest BCUT2D eigenvalue weighted by molar-refractivity contribution is 5.94. The maximum Gasteiger partial charge on any atom is 0.249 e. The highest BCUT2D eigenvalue weighted by Gasteiger charge is 2.03. The Morgan fingerprint density at radius 3 is 2.21 bits per heavy atom. The van der Waals surface area contributed by atoms with E-state index in [-0.39, 0.29) is 5.78 Å². The van der Waals surface area contributed by atoms with E-state index < -0.39 is 0 Å². The molecule has 24 heavy (non-hydrogen) atoms. The standard InChI is InChI=1S/C18H17N5O/c1-12-3-7-16(8-4-12)21-18-22-17(11-19-23-18)20-15-9-5-14(6-10-15)13(2)24/h3-11H,1-2H3,(H2,20,21,22,23). The average molecular weight is 319 g/mol. The lowest BCUT2D eigenvalue weighted by Crippen LogP contribution is -2.02. The Labute approximate surface area is 140 Å². The third-order valence-corrected chi connectivity index (χ3v) is 3.43. The Kier molecular flexibility index (Phi) is 4.47. The summed E-state index contributed by atoms with van der Waals surface area (Å²) in [5.41, 5.74) is 3.57. The Hall–Kier alpha value is -3.28. The van der Waals surface area contributed by atoms with E-state index in [0.29, 0.717) is 17.3 Å². The SMILES string of the molecule is CC(=O)c1ccc(Nc2cnnc(Nc3ccc(C)cc3)n2)cc1. The zero-order chi connectivity index (χ0) is 16.9.